The van der Waals surface area contributed by atoms with Gasteiger partial charge in [0, 0.05) is 25.2 Å². The lowest BCUT2D eigenvalue weighted by Gasteiger charge is -2.37. The Morgan fingerprint density at radius 1 is 1.00 bits per heavy atom. The number of hydrogen-bond acceptors (Lipinski definition) is 3. The molecule has 2 atom stereocenters. The van der Waals surface area contributed by atoms with Crippen molar-refractivity contribution in [2.75, 3.05) is 40.3 Å². The van der Waals surface area contributed by atoms with Crippen molar-refractivity contribution >= 4 is 0 Å². The van der Waals surface area contributed by atoms with Crippen molar-refractivity contribution in [1.29, 1.82) is 0 Å². The molecule has 0 spiro atoms. The molecule has 1 aliphatic carbocycles. The molecule has 0 aromatic rings. The van der Waals surface area contributed by atoms with E-state index >= 15 is 0 Å². The normalized spacial score (nSPS) is 34.9. The van der Waals surface area contributed by atoms with Crippen molar-refractivity contribution in [3.8, 4) is 0 Å². The zero-order valence-corrected chi connectivity index (χ0v) is 10.9. The van der Waals surface area contributed by atoms with Crippen LogP contribution in [0.3, 0.4) is 0 Å². The topological polar surface area (TPSA) is 18.5 Å². The van der Waals surface area contributed by atoms with Crippen LogP contribution in [0.15, 0.2) is 0 Å². The molecule has 0 bridgehead atoms. The summed E-state index contributed by atoms with van der Waals surface area (Å²) < 4.78 is 0. The molecule has 94 valence electrons. The minimum Gasteiger partial charge on any atom is -0.317 e. The number of nitrogens with one attached hydrogen (secondary N) is 1. The van der Waals surface area contributed by atoms with Gasteiger partial charge in [-0.2, -0.15) is 0 Å². The van der Waals surface area contributed by atoms with Gasteiger partial charge in [-0.3, -0.25) is 4.90 Å². The smallest absolute Gasteiger partial charge is 0.0112 e. The van der Waals surface area contributed by atoms with E-state index < -0.39 is 0 Å². The molecule has 0 aromatic heterocycles. The van der Waals surface area contributed by atoms with Crippen molar-refractivity contribution in [3.63, 3.8) is 0 Å². The van der Waals surface area contributed by atoms with Gasteiger partial charge in [-0.05, 0) is 52.9 Å². The maximum atomic E-state index is 3.46. The number of likely N-dealkylation sites (N-methyl/N-ethyl adjacent to an activating group) is 1. The molecule has 1 unspecified atom stereocenters. The molecule has 0 amide bonds. The monoisotopic (exact) mass is 225 g/mol. The van der Waals surface area contributed by atoms with Crippen LogP contribution in [-0.4, -0.2) is 62.2 Å². The van der Waals surface area contributed by atoms with Gasteiger partial charge in [-0.15, -0.1) is 0 Å². The highest BCUT2D eigenvalue weighted by Gasteiger charge is 2.26. The third-order valence-electron chi connectivity index (χ3n) is 4.33. The Balaban J connectivity index is 1.85. The molecule has 0 aromatic carbocycles. The van der Waals surface area contributed by atoms with Gasteiger partial charge in [-0.1, -0.05) is 6.42 Å². The Morgan fingerprint density at radius 3 is 2.69 bits per heavy atom. The van der Waals surface area contributed by atoms with Gasteiger partial charge < -0.3 is 10.2 Å². The Bertz CT molecular complexity index is 207. The van der Waals surface area contributed by atoms with E-state index in [9.17, 15) is 0 Å². The van der Waals surface area contributed by atoms with Crippen molar-refractivity contribution < 1.29 is 0 Å². The lowest BCUT2D eigenvalue weighted by molar-refractivity contribution is 0.146. The molecule has 2 aliphatic rings. The number of rotatable bonds is 2. The van der Waals surface area contributed by atoms with Crippen LogP contribution in [-0.2, 0) is 0 Å². The van der Waals surface area contributed by atoms with Gasteiger partial charge in [0.2, 0.25) is 0 Å². The Labute approximate surface area is 100 Å². The third kappa shape index (κ3) is 3.19. The summed E-state index contributed by atoms with van der Waals surface area (Å²) in [6.45, 7) is 5.11. The van der Waals surface area contributed by atoms with Crippen LogP contribution in [0.4, 0.5) is 0 Å². The Morgan fingerprint density at radius 2 is 1.88 bits per heavy atom. The van der Waals surface area contributed by atoms with E-state index in [-0.39, 0.29) is 0 Å². The van der Waals surface area contributed by atoms with Crippen molar-refractivity contribution in [2.45, 2.75) is 44.2 Å². The standard InChI is InChI=1S/C13H27N3/c1-14-12-5-3-6-13(11-12)16-8-4-7-15(2)9-10-16/h12-14H,3-11H2,1-2H3/t12?,13-/m1/s1. The van der Waals surface area contributed by atoms with Crippen molar-refractivity contribution in [1.82, 2.24) is 15.1 Å². The minimum atomic E-state index is 0.764. The van der Waals surface area contributed by atoms with Gasteiger partial charge in [0.15, 0.2) is 0 Å². The van der Waals surface area contributed by atoms with E-state index in [1.54, 1.807) is 0 Å². The Hall–Kier alpha value is -0.120. The maximum absolute atomic E-state index is 3.46. The third-order valence-corrected chi connectivity index (χ3v) is 4.33. The second-order valence-electron chi connectivity index (χ2n) is 5.50. The highest BCUT2D eigenvalue weighted by Crippen LogP contribution is 2.23. The molecule has 1 aliphatic heterocycles. The SMILES string of the molecule is CNC1CCC[C@@H](N2CCCN(C)CC2)C1. The summed E-state index contributed by atoms with van der Waals surface area (Å²) in [7, 11) is 4.37. The van der Waals surface area contributed by atoms with Crippen LogP contribution in [0.2, 0.25) is 0 Å². The molecule has 1 saturated heterocycles. The first-order valence-electron chi connectivity index (χ1n) is 6.89. The zero-order valence-electron chi connectivity index (χ0n) is 10.9. The van der Waals surface area contributed by atoms with E-state index in [1.165, 1.54) is 58.3 Å². The van der Waals surface area contributed by atoms with Crippen LogP contribution < -0.4 is 5.32 Å². The van der Waals surface area contributed by atoms with Crippen molar-refractivity contribution in [2.24, 2.45) is 0 Å². The molecule has 3 heteroatoms. The summed E-state index contributed by atoms with van der Waals surface area (Å²) in [6, 6.07) is 1.61. The second kappa shape index (κ2) is 5.99. The molecular formula is C13H27N3. The highest BCUT2D eigenvalue weighted by atomic mass is 15.2. The number of nitrogens with zero attached hydrogens (tertiary/aromatic N) is 2. The van der Waals surface area contributed by atoms with Crippen LogP contribution in [0.1, 0.15) is 32.1 Å². The second-order valence-corrected chi connectivity index (χ2v) is 5.50. The van der Waals surface area contributed by atoms with Crippen LogP contribution in [0.25, 0.3) is 0 Å². The molecule has 3 nitrogen and oxygen atoms in total. The lowest BCUT2D eigenvalue weighted by atomic mass is 9.90. The Kier molecular flexibility index (Phi) is 4.62. The van der Waals surface area contributed by atoms with Crippen LogP contribution in [0.5, 0.6) is 0 Å². The summed E-state index contributed by atoms with van der Waals surface area (Å²) in [4.78, 5) is 5.21. The van der Waals surface area contributed by atoms with E-state index in [4.69, 9.17) is 0 Å². The first-order chi connectivity index (χ1) is 7.79. The van der Waals surface area contributed by atoms with E-state index in [0.717, 1.165) is 12.1 Å². The fraction of sp³-hybridized carbons (Fsp3) is 1.00. The summed E-state index contributed by atoms with van der Waals surface area (Å²) >= 11 is 0. The molecule has 2 rings (SSSR count). The zero-order chi connectivity index (χ0) is 11.4. The predicted octanol–water partition coefficient (Wildman–Crippen LogP) is 1.15. The maximum Gasteiger partial charge on any atom is 0.0112 e. The van der Waals surface area contributed by atoms with Gasteiger partial charge in [0.05, 0.1) is 0 Å². The molecule has 1 N–H and O–H groups in total. The first-order valence-corrected chi connectivity index (χ1v) is 6.89. The fourth-order valence-corrected chi connectivity index (χ4v) is 3.19. The average molecular weight is 225 g/mol. The fourth-order valence-electron chi connectivity index (χ4n) is 3.19. The molecule has 16 heavy (non-hydrogen) atoms. The predicted molar refractivity (Wildman–Crippen MR) is 68.8 cm³/mol. The molecule has 1 heterocycles. The summed E-state index contributed by atoms with van der Waals surface area (Å²) in [5.74, 6) is 0. The van der Waals surface area contributed by atoms with Gasteiger partial charge in [0.25, 0.3) is 0 Å². The van der Waals surface area contributed by atoms with Gasteiger partial charge in [0.1, 0.15) is 0 Å². The van der Waals surface area contributed by atoms with E-state index in [2.05, 4.69) is 29.2 Å². The summed E-state index contributed by atoms with van der Waals surface area (Å²) in [5, 5.41) is 3.46. The van der Waals surface area contributed by atoms with E-state index in [1.807, 2.05) is 0 Å². The molecule has 0 radical (unpaired) electrons. The number of hydrogen-bond donors (Lipinski definition) is 1. The van der Waals surface area contributed by atoms with Crippen LogP contribution >= 0.6 is 0 Å². The highest BCUT2D eigenvalue weighted by molar-refractivity contribution is 4.84. The van der Waals surface area contributed by atoms with Crippen molar-refractivity contribution in [3.05, 3.63) is 0 Å². The first kappa shape index (κ1) is 12.3. The van der Waals surface area contributed by atoms with E-state index in [0.29, 0.717) is 0 Å². The quantitative estimate of drug-likeness (QED) is 0.761. The molecule has 1 saturated carbocycles. The largest absolute Gasteiger partial charge is 0.317 e. The summed E-state index contributed by atoms with van der Waals surface area (Å²) in [6.07, 6.45) is 6.91. The average Bonchev–Trinajstić information content (AvgIpc) is 2.54. The molecule has 2 fully saturated rings. The summed E-state index contributed by atoms with van der Waals surface area (Å²) in [5.41, 5.74) is 0. The van der Waals surface area contributed by atoms with Gasteiger partial charge in [-0.25, -0.2) is 0 Å². The minimum absolute atomic E-state index is 0.764. The lowest BCUT2D eigenvalue weighted by Crippen LogP contribution is -2.44. The molecular weight excluding hydrogens is 198 g/mol. The van der Waals surface area contributed by atoms with Gasteiger partial charge >= 0.3 is 0 Å². The van der Waals surface area contributed by atoms with Crippen LogP contribution in [0, 0.1) is 0 Å².